The number of anilines is 2. The molecule has 2 aromatic rings. The molecule has 0 spiro atoms. The van der Waals surface area contributed by atoms with Crippen molar-refractivity contribution in [3.63, 3.8) is 0 Å². The molecule has 3 rings (SSSR count). The summed E-state index contributed by atoms with van der Waals surface area (Å²) >= 11 is 5.97. The number of likely N-dealkylation sites (tertiary alicyclic amines) is 1. The molecule has 1 saturated heterocycles. The summed E-state index contributed by atoms with van der Waals surface area (Å²) < 4.78 is 38.7. The zero-order valence-corrected chi connectivity index (χ0v) is 15.3. The predicted molar refractivity (Wildman–Crippen MR) is 96.1 cm³/mol. The van der Waals surface area contributed by atoms with Crippen molar-refractivity contribution in [3.05, 3.63) is 46.7 Å². The highest BCUT2D eigenvalue weighted by Crippen LogP contribution is 2.34. The van der Waals surface area contributed by atoms with Crippen LogP contribution in [0.1, 0.15) is 35.8 Å². The summed E-state index contributed by atoms with van der Waals surface area (Å²) in [4.78, 5) is 22.4. The number of piperidine rings is 1. The SMILES string of the molecule is CC1CCN(C(=O)c2ccnc(Nc3cc(C(F)(F)F)ccc3Cl)n2)CC1. The summed E-state index contributed by atoms with van der Waals surface area (Å²) in [6.45, 7) is 3.46. The fraction of sp³-hybridized carbons (Fsp3) is 0.389. The molecule has 0 saturated carbocycles. The molecular formula is C18H18ClF3N4O. The zero-order chi connectivity index (χ0) is 19.6. The highest BCUT2D eigenvalue weighted by Gasteiger charge is 2.31. The Hall–Kier alpha value is -2.35. The molecule has 0 atom stereocenters. The summed E-state index contributed by atoms with van der Waals surface area (Å²) in [5, 5.41) is 2.76. The van der Waals surface area contributed by atoms with Crippen LogP contribution in [0.3, 0.4) is 0 Å². The molecule has 5 nitrogen and oxygen atoms in total. The van der Waals surface area contributed by atoms with Crippen LogP contribution in [0.5, 0.6) is 0 Å². The van der Waals surface area contributed by atoms with Gasteiger partial charge in [-0.3, -0.25) is 4.79 Å². The second kappa shape index (κ2) is 7.72. The van der Waals surface area contributed by atoms with Gasteiger partial charge in [-0.05, 0) is 43.0 Å². The van der Waals surface area contributed by atoms with Gasteiger partial charge in [0.25, 0.3) is 5.91 Å². The number of amides is 1. The van der Waals surface area contributed by atoms with E-state index in [1.54, 1.807) is 4.90 Å². The van der Waals surface area contributed by atoms with Crippen LogP contribution >= 0.6 is 11.6 Å². The molecule has 1 aliphatic rings. The Bertz CT molecular complexity index is 836. The summed E-state index contributed by atoms with van der Waals surface area (Å²) in [5.41, 5.74) is -0.642. The van der Waals surface area contributed by atoms with Gasteiger partial charge in [0.2, 0.25) is 5.95 Å². The largest absolute Gasteiger partial charge is 0.416 e. The standard InChI is InChI=1S/C18H18ClF3N4O/c1-11-5-8-26(9-6-11)16(27)14-4-7-23-17(24-14)25-15-10-12(18(20,21)22)2-3-13(15)19/h2-4,7,10-11H,5-6,8-9H2,1H3,(H,23,24,25). The van der Waals surface area contributed by atoms with Gasteiger partial charge in [-0.1, -0.05) is 18.5 Å². The van der Waals surface area contributed by atoms with Crippen molar-refractivity contribution in [2.45, 2.75) is 25.9 Å². The van der Waals surface area contributed by atoms with E-state index in [2.05, 4.69) is 22.2 Å². The quantitative estimate of drug-likeness (QED) is 0.809. The summed E-state index contributed by atoms with van der Waals surface area (Å²) in [7, 11) is 0. The first kappa shape index (κ1) is 19.4. The maximum atomic E-state index is 12.9. The van der Waals surface area contributed by atoms with E-state index in [0.717, 1.165) is 31.0 Å². The van der Waals surface area contributed by atoms with Crippen LogP contribution in [0.2, 0.25) is 5.02 Å². The normalized spacial score (nSPS) is 15.7. The van der Waals surface area contributed by atoms with Crippen LogP contribution < -0.4 is 5.32 Å². The molecule has 0 radical (unpaired) electrons. The number of alkyl halides is 3. The lowest BCUT2D eigenvalue weighted by Crippen LogP contribution is -2.38. The van der Waals surface area contributed by atoms with E-state index in [9.17, 15) is 18.0 Å². The maximum Gasteiger partial charge on any atom is 0.416 e. The minimum absolute atomic E-state index is 0.00690. The van der Waals surface area contributed by atoms with E-state index >= 15 is 0 Å². The highest BCUT2D eigenvalue weighted by molar-refractivity contribution is 6.33. The third-order valence-electron chi connectivity index (χ3n) is 4.49. The average Bonchev–Trinajstić information content (AvgIpc) is 2.63. The highest BCUT2D eigenvalue weighted by atomic mass is 35.5. The summed E-state index contributed by atoms with van der Waals surface area (Å²) in [6.07, 6.45) is -1.24. The Morgan fingerprint density at radius 1 is 1.26 bits per heavy atom. The van der Waals surface area contributed by atoms with Crippen molar-refractivity contribution < 1.29 is 18.0 Å². The van der Waals surface area contributed by atoms with Gasteiger partial charge in [0.1, 0.15) is 5.69 Å². The number of aromatic nitrogens is 2. The number of nitrogens with zero attached hydrogens (tertiary/aromatic N) is 3. The van der Waals surface area contributed by atoms with Gasteiger partial charge in [0.15, 0.2) is 0 Å². The summed E-state index contributed by atoms with van der Waals surface area (Å²) in [5.74, 6) is 0.370. The molecule has 2 heterocycles. The number of hydrogen-bond donors (Lipinski definition) is 1. The van der Waals surface area contributed by atoms with Gasteiger partial charge in [0, 0.05) is 19.3 Å². The van der Waals surface area contributed by atoms with Crippen molar-refractivity contribution in [1.29, 1.82) is 0 Å². The van der Waals surface area contributed by atoms with Crippen LogP contribution in [0.15, 0.2) is 30.5 Å². The lowest BCUT2D eigenvalue weighted by atomic mass is 9.99. The minimum Gasteiger partial charge on any atom is -0.337 e. The van der Waals surface area contributed by atoms with Crippen molar-refractivity contribution in [2.24, 2.45) is 5.92 Å². The molecule has 1 aromatic heterocycles. The van der Waals surface area contributed by atoms with Crippen LogP contribution in [-0.4, -0.2) is 33.9 Å². The third kappa shape index (κ3) is 4.68. The first-order valence-electron chi connectivity index (χ1n) is 8.50. The monoisotopic (exact) mass is 398 g/mol. The molecule has 1 amide bonds. The van der Waals surface area contributed by atoms with Gasteiger partial charge in [-0.15, -0.1) is 0 Å². The number of halogens is 4. The average molecular weight is 399 g/mol. The van der Waals surface area contributed by atoms with Gasteiger partial charge < -0.3 is 10.2 Å². The van der Waals surface area contributed by atoms with Gasteiger partial charge in [0.05, 0.1) is 16.3 Å². The number of rotatable bonds is 3. The van der Waals surface area contributed by atoms with E-state index in [4.69, 9.17) is 11.6 Å². The smallest absolute Gasteiger partial charge is 0.337 e. The van der Waals surface area contributed by atoms with Crippen LogP contribution in [0.25, 0.3) is 0 Å². The van der Waals surface area contributed by atoms with Crippen LogP contribution in [-0.2, 0) is 6.18 Å². The Morgan fingerprint density at radius 3 is 2.63 bits per heavy atom. The van der Waals surface area contributed by atoms with E-state index < -0.39 is 11.7 Å². The van der Waals surface area contributed by atoms with Crippen molar-refractivity contribution in [3.8, 4) is 0 Å². The molecule has 1 aromatic carbocycles. The Labute approximate surface area is 159 Å². The van der Waals surface area contributed by atoms with Gasteiger partial charge in [-0.2, -0.15) is 13.2 Å². The van der Waals surface area contributed by atoms with E-state index in [0.29, 0.717) is 19.0 Å². The third-order valence-corrected chi connectivity index (χ3v) is 4.82. The van der Waals surface area contributed by atoms with E-state index in [1.165, 1.54) is 12.3 Å². The number of carbonyl (C=O) groups excluding carboxylic acids is 1. The van der Waals surface area contributed by atoms with Crippen molar-refractivity contribution in [1.82, 2.24) is 14.9 Å². The van der Waals surface area contributed by atoms with E-state index in [1.807, 2.05) is 0 Å². The molecule has 27 heavy (non-hydrogen) atoms. The maximum absolute atomic E-state index is 12.9. The molecule has 144 valence electrons. The molecule has 0 aliphatic carbocycles. The number of carbonyl (C=O) groups is 1. The first-order valence-corrected chi connectivity index (χ1v) is 8.88. The van der Waals surface area contributed by atoms with Gasteiger partial charge >= 0.3 is 6.18 Å². The Balaban J connectivity index is 1.79. The second-order valence-corrected chi connectivity index (χ2v) is 6.96. The molecule has 0 unspecified atom stereocenters. The molecule has 9 heteroatoms. The van der Waals surface area contributed by atoms with Crippen LogP contribution in [0, 0.1) is 5.92 Å². The number of benzene rings is 1. The number of hydrogen-bond acceptors (Lipinski definition) is 4. The fourth-order valence-electron chi connectivity index (χ4n) is 2.83. The zero-order valence-electron chi connectivity index (χ0n) is 14.6. The van der Waals surface area contributed by atoms with Crippen molar-refractivity contribution in [2.75, 3.05) is 18.4 Å². The molecule has 1 fully saturated rings. The predicted octanol–water partition coefficient (Wildman–Crippen LogP) is 4.76. The molecule has 1 N–H and O–H groups in total. The van der Waals surface area contributed by atoms with E-state index in [-0.39, 0.29) is 28.3 Å². The Morgan fingerprint density at radius 2 is 1.96 bits per heavy atom. The lowest BCUT2D eigenvalue weighted by molar-refractivity contribution is -0.137. The topological polar surface area (TPSA) is 58.1 Å². The lowest BCUT2D eigenvalue weighted by Gasteiger charge is -2.30. The minimum atomic E-state index is -4.49. The van der Waals surface area contributed by atoms with Crippen molar-refractivity contribution >= 4 is 29.1 Å². The first-order chi connectivity index (χ1) is 12.7. The number of nitrogens with one attached hydrogen (secondary N) is 1. The van der Waals surface area contributed by atoms with Crippen LogP contribution in [0.4, 0.5) is 24.8 Å². The fourth-order valence-corrected chi connectivity index (χ4v) is 2.99. The molecular weight excluding hydrogens is 381 g/mol. The second-order valence-electron chi connectivity index (χ2n) is 6.56. The van der Waals surface area contributed by atoms with Gasteiger partial charge in [-0.25, -0.2) is 9.97 Å². The Kier molecular flexibility index (Phi) is 5.55. The molecule has 0 bridgehead atoms. The molecule has 1 aliphatic heterocycles. The summed E-state index contributed by atoms with van der Waals surface area (Å²) in [6, 6.07) is 4.41.